The third-order valence-electron chi connectivity index (χ3n) is 4.49. The lowest BCUT2D eigenvalue weighted by Crippen LogP contribution is -2.42. The second-order valence-corrected chi connectivity index (χ2v) is 9.20. The monoisotopic (exact) mass is 421 g/mol. The van der Waals surface area contributed by atoms with E-state index in [4.69, 9.17) is 9.47 Å². The van der Waals surface area contributed by atoms with Crippen molar-refractivity contribution < 1.29 is 19.1 Å². The highest BCUT2D eigenvalue weighted by atomic mass is 32.1. The molecule has 3 rings (SSSR count). The lowest BCUT2D eigenvalue weighted by Gasteiger charge is -2.22. The lowest BCUT2D eigenvalue weighted by atomic mass is 10.0. The number of methoxy groups -OCH3 is 1. The lowest BCUT2D eigenvalue weighted by molar-refractivity contribution is -0.115. The zero-order chi connectivity index (χ0) is 21.0. The number of ether oxygens (including phenoxy) is 2. The molecule has 2 atom stereocenters. The Morgan fingerprint density at radius 1 is 1.34 bits per heavy atom. The first kappa shape index (κ1) is 21.1. The number of hydrogen-bond donors (Lipinski definition) is 3. The van der Waals surface area contributed by atoms with E-state index in [1.54, 1.807) is 13.3 Å². The van der Waals surface area contributed by atoms with E-state index in [-0.39, 0.29) is 36.0 Å². The van der Waals surface area contributed by atoms with Crippen LogP contribution in [0.15, 0.2) is 12.3 Å². The maximum atomic E-state index is 12.2. The van der Waals surface area contributed by atoms with Crippen molar-refractivity contribution in [1.29, 1.82) is 0 Å². The van der Waals surface area contributed by atoms with Crippen LogP contribution >= 0.6 is 11.3 Å². The average molecular weight is 422 g/mol. The molecule has 29 heavy (non-hydrogen) atoms. The number of amides is 2. The molecule has 0 radical (unpaired) electrons. The molecule has 2 aromatic heterocycles. The van der Waals surface area contributed by atoms with Gasteiger partial charge >= 0.3 is 6.09 Å². The summed E-state index contributed by atoms with van der Waals surface area (Å²) in [4.78, 5) is 28.3. The SMILES string of the molecule is COc1cnc(CC(=O)Nc2cc([C@H]3CCC(OC(=O)NC(C)(C)C)C3)[nH]n2)s1. The van der Waals surface area contributed by atoms with Crippen LogP contribution in [0.2, 0.25) is 0 Å². The smallest absolute Gasteiger partial charge is 0.407 e. The van der Waals surface area contributed by atoms with Crippen LogP contribution in [0.4, 0.5) is 10.6 Å². The van der Waals surface area contributed by atoms with Gasteiger partial charge in [0.2, 0.25) is 5.91 Å². The van der Waals surface area contributed by atoms with Gasteiger partial charge in [-0.2, -0.15) is 5.10 Å². The van der Waals surface area contributed by atoms with Crippen LogP contribution in [0.25, 0.3) is 0 Å². The Hall–Kier alpha value is -2.62. The summed E-state index contributed by atoms with van der Waals surface area (Å²) in [6.07, 6.45) is 3.67. The molecular weight excluding hydrogens is 394 g/mol. The summed E-state index contributed by atoms with van der Waals surface area (Å²) >= 11 is 1.34. The molecule has 3 N–H and O–H groups in total. The van der Waals surface area contributed by atoms with Crippen LogP contribution in [-0.4, -0.2) is 45.9 Å². The summed E-state index contributed by atoms with van der Waals surface area (Å²) in [5, 5.41) is 14.1. The minimum absolute atomic E-state index is 0.122. The van der Waals surface area contributed by atoms with Crippen molar-refractivity contribution in [2.75, 3.05) is 12.4 Å². The molecule has 0 saturated heterocycles. The first-order chi connectivity index (χ1) is 13.7. The number of thiazole rings is 1. The van der Waals surface area contributed by atoms with Crippen molar-refractivity contribution in [3.8, 4) is 5.06 Å². The van der Waals surface area contributed by atoms with E-state index in [1.165, 1.54) is 11.3 Å². The molecule has 10 heteroatoms. The van der Waals surface area contributed by atoms with E-state index in [1.807, 2.05) is 26.8 Å². The molecule has 2 heterocycles. The van der Waals surface area contributed by atoms with E-state index < -0.39 is 0 Å². The summed E-state index contributed by atoms with van der Waals surface area (Å²) in [6.45, 7) is 5.74. The Labute approximate surface area is 173 Å². The van der Waals surface area contributed by atoms with Crippen LogP contribution in [0, 0.1) is 0 Å². The normalized spacial score (nSPS) is 19.0. The fourth-order valence-electron chi connectivity index (χ4n) is 3.22. The Kier molecular flexibility index (Phi) is 6.41. The number of hydrogen-bond acceptors (Lipinski definition) is 7. The maximum absolute atomic E-state index is 12.2. The number of H-pyrrole nitrogens is 1. The van der Waals surface area contributed by atoms with Gasteiger partial charge in [0.25, 0.3) is 0 Å². The molecule has 1 aliphatic carbocycles. The van der Waals surface area contributed by atoms with Crippen molar-refractivity contribution in [1.82, 2.24) is 20.5 Å². The van der Waals surface area contributed by atoms with Crippen molar-refractivity contribution in [3.63, 3.8) is 0 Å². The van der Waals surface area contributed by atoms with Gasteiger partial charge in [-0.1, -0.05) is 11.3 Å². The minimum atomic E-state index is -0.389. The Morgan fingerprint density at radius 2 is 2.14 bits per heavy atom. The summed E-state index contributed by atoms with van der Waals surface area (Å²) in [6, 6.07) is 1.84. The van der Waals surface area contributed by atoms with Crippen molar-refractivity contribution in [2.45, 2.75) is 64.0 Å². The van der Waals surface area contributed by atoms with E-state index in [0.717, 1.165) is 25.0 Å². The number of carbonyl (C=O) groups excluding carboxylic acids is 2. The number of aromatic nitrogens is 3. The number of anilines is 1. The van der Waals surface area contributed by atoms with Gasteiger partial charge in [0.15, 0.2) is 10.9 Å². The molecule has 1 unspecified atom stereocenters. The quantitative estimate of drug-likeness (QED) is 0.659. The largest absolute Gasteiger partial charge is 0.486 e. The van der Waals surface area contributed by atoms with E-state index in [0.29, 0.717) is 15.9 Å². The first-order valence-electron chi connectivity index (χ1n) is 9.54. The molecule has 0 spiro atoms. The fraction of sp³-hybridized carbons (Fsp3) is 0.579. The number of aromatic amines is 1. The summed E-state index contributed by atoms with van der Waals surface area (Å²) < 4.78 is 10.6. The van der Waals surface area contributed by atoms with Gasteiger partial charge < -0.3 is 20.1 Å². The summed E-state index contributed by atoms with van der Waals surface area (Å²) in [5.74, 6) is 0.499. The average Bonchev–Trinajstić information content (AvgIpc) is 3.33. The predicted octanol–water partition coefficient (Wildman–Crippen LogP) is 3.22. The van der Waals surface area contributed by atoms with E-state index in [2.05, 4.69) is 25.8 Å². The number of nitrogens with zero attached hydrogens (tertiary/aromatic N) is 2. The minimum Gasteiger partial charge on any atom is -0.486 e. The van der Waals surface area contributed by atoms with Gasteiger partial charge in [0.05, 0.1) is 19.7 Å². The molecule has 158 valence electrons. The van der Waals surface area contributed by atoms with Crippen LogP contribution in [0.1, 0.15) is 56.7 Å². The van der Waals surface area contributed by atoms with Gasteiger partial charge in [-0.05, 0) is 40.0 Å². The molecule has 0 aliphatic heterocycles. The third kappa shape index (κ3) is 6.18. The van der Waals surface area contributed by atoms with Crippen molar-refractivity contribution in [3.05, 3.63) is 23.0 Å². The van der Waals surface area contributed by atoms with E-state index >= 15 is 0 Å². The third-order valence-corrected chi connectivity index (χ3v) is 5.44. The van der Waals surface area contributed by atoms with Crippen LogP contribution < -0.4 is 15.4 Å². The number of carbonyl (C=O) groups is 2. The molecule has 1 saturated carbocycles. The van der Waals surface area contributed by atoms with Gasteiger partial charge in [-0.3, -0.25) is 9.89 Å². The Bertz CT molecular complexity index is 857. The molecule has 0 aromatic carbocycles. The molecule has 0 bridgehead atoms. The highest BCUT2D eigenvalue weighted by Crippen LogP contribution is 2.36. The highest BCUT2D eigenvalue weighted by Gasteiger charge is 2.30. The highest BCUT2D eigenvalue weighted by molar-refractivity contribution is 7.13. The van der Waals surface area contributed by atoms with Gasteiger partial charge in [-0.15, -0.1) is 0 Å². The van der Waals surface area contributed by atoms with Gasteiger partial charge in [0.1, 0.15) is 11.1 Å². The number of rotatable bonds is 6. The molecule has 2 amide bonds. The van der Waals surface area contributed by atoms with Crippen molar-refractivity contribution in [2.24, 2.45) is 0 Å². The molecule has 1 aliphatic rings. The topological polar surface area (TPSA) is 118 Å². The molecule has 1 fully saturated rings. The Morgan fingerprint density at radius 3 is 2.83 bits per heavy atom. The van der Waals surface area contributed by atoms with Crippen molar-refractivity contribution >= 4 is 29.2 Å². The predicted molar refractivity (Wildman–Crippen MR) is 109 cm³/mol. The fourth-order valence-corrected chi connectivity index (χ4v) is 3.95. The summed E-state index contributed by atoms with van der Waals surface area (Å²) in [7, 11) is 1.57. The molecule has 2 aromatic rings. The first-order valence-corrected chi connectivity index (χ1v) is 10.4. The van der Waals surface area contributed by atoms with E-state index in [9.17, 15) is 9.59 Å². The standard InChI is InChI=1S/C19H27N5O4S/c1-19(2,3)22-18(26)28-12-6-5-11(7-12)13-8-14(24-23-13)21-15(25)9-16-20-10-17(27-4)29-16/h8,10-12H,5-7,9H2,1-4H3,(H,22,26)(H2,21,23,24,25)/t11-,12?/m0/s1. The molecular formula is C19H27N5O4S. The number of nitrogens with one attached hydrogen (secondary N) is 3. The zero-order valence-corrected chi connectivity index (χ0v) is 17.9. The van der Waals surface area contributed by atoms with Gasteiger partial charge in [-0.25, -0.2) is 9.78 Å². The maximum Gasteiger partial charge on any atom is 0.407 e. The number of alkyl carbamates (subject to hydrolysis) is 1. The second-order valence-electron chi connectivity index (χ2n) is 8.12. The Balaban J connectivity index is 1.48. The molecule has 9 nitrogen and oxygen atoms in total. The van der Waals surface area contributed by atoms with Crippen LogP contribution in [0.5, 0.6) is 5.06 Å². The van der Waals surface area contributed by atoms with Crippen LogP contribution in [-0.2, 0) is 16.0 Å². The van der Waals surface area contributed by atoms with Gasteiger partial charge in [0, 0.05) is 23.2 Å². The summed E-state index contributed by atoms with van der Waals surface area (Å²) in [5.41, 5.74) is 0.605. The zero-order valence-electron chi connectivity index (χ0n) is 17.1. The van der Waals surface area contributed by atoms with Crippen LogP contribution in [0.3, 0.4) is 0 Å². The second kappa shape index (κ2) is 8.81.